The third kappa shape index (κ3) is 9.36. The van der Waals surface area contributed by atoms with Crippen LogP contribution >= 0.6 is 22.7 Å². The van der Waals surface area contributed by atoms with Gasteiger partial charge in [-0.2, -0.15) is 0 Å². The third-order valence-electron chi connectivity index (χ3n) is 14.2. The minimum Gasteiger partial charge on any atom is -0.346 e. The number of likely N-dealkylation sites (tertiary alicyclic amines) is 3. The fraction of sp³-hybridized carbons (Fsp3) is 0.436. The SMILES string of the molecule is Cc1cc(C)cc(-c2[nH]c3sc(C(C)(C)C(=O)N4CCCC4)cc3c2CN2CCC(c3ccncc3)CC2)c1.Cc1cc(C)cc(-c2cc3cc(C(C)(C)C(=O)N4CCCC4)sc3[nH]2)c1. The van der Waals surface area contributed by atoms with Gasteiger partial charge in [-0.3, -0.25) is 19.5 Å². The molecule has 7 aromatic rings. The van der Waals surface area contributed by atoms with Crippen molar-refractivity contribution in [1.29, 1.82) is 0 Å². The summed E-state index contributed by atoms with van der Waals surface area (Å²) in [6.45, 7) is 23.6. The van der Waals surface area contributed by atoms with Gasteiger partial charge in [-0.1, -0.05) is 34.4 Å². The van der Waals surface area contributed by atoms with Crippen LogP contribution < -0.4 is 0 Å². The van der Waals surface area contributed by atoms with E-state index in [4.69, 9.17) is 0 Å². The van der Waals surface area contributed by atoms with Crippen LogP contribution in [0, 0.1) is 27.7 Å². The van der Waals surface area contributed by atoms with E-state index < -0.39 is 10.8 Å². The summed E-state index contributed by atoms with van der Waals surface area (Å²) < 4.78 is 0. The molecule has 0 atom stereocenters. The molecule has 8 heterocycles. The van der Waals surface area contributed by atoms with Gasteiger partial charge in [-0.05, 0) is 184 Å². The third-order valence-corrected chi connectivity index (χ3v) is 16.9. The maximum Gasteiger partial charge on any atom is 0.233 e. The van der Waals surface area contributed by atoms with Crippen molar-refractivity contribution in [2.45, 2.75) is 117 Å². The number of aromatic nitrogens is 3. The first kappa shape index (κ1) is 45.1. The highest BCUT2D eigenvalue weighted by molar-refractivity contribution is 7.19. The molecule has 10 heteroatoms. The molecule has 8 nitrogen and oxygen atoms in total. The van der Waals surface area contributed by atoms with Crippen LogP contribution in [-0.2, 0) is 27.0 Å². The maximum atomic E-state index is 13.5. The number of piperidine rings is 1. The predicted molar refractivity (Wildman–Crippen MR) is 271 cm³/mol. The summed E-state index contributed by atoms with van der Waals surface area (Å²) in [6.07, 6.45) is 10.7. The number of carbonyl (C=O) groups is 2. The number of aromatic amines is 2. The topological polar surface area (TPSA) is 88.3 Å². The highest BCUT2D eigenvalue weighted by atomic mass is 32.1. The van der Waals surface area contributed by atoms with Crippen LogP contribution in [0.1, 0.15) is 115 Å². The lowest BCUT2D eigenvalue weighted by molar-refractivity contribution is -0.135. The lowest BCUT2D eigenvalue weighted by Crippen LogP contribution is -2.41. The first-order valence-electron chi connectivity index (χ1n) is 23.8. The lowest BCUT2D eigenvalue weighted by atomic mass is 9.88. The Morgan fingerprint density at radius 3 is 1.68 bits per heavy atom. The Bertz CT molecular complexity index is 2750. The molecule has 340 valence electrons. The van der Waals surface area contributed by atoms with Gasteiger partial charge < -0.3 is 19.8 Å². The second kappa shape index (κ2) is 18.3. The largest absolute Gasteiger partial charge is 0.346 e. The molecule has 5 aromatic heterocycles. The highest BCUT2D eigenvalue weighted by Crippen LogP contribution is 2.43. The van der Waals surface area contributed by atoms with E-state index in [0.717, 1.165) is 91.8 Å². The van der Waals surface area contributed by atoms with Gasteiger partial charge in [0.25, 0.3) is 0 Å². The van der Waals surface area contributed by atoms with Gasteiger partial charge in [0.15, 0.2) is 0 Å². The normalized spacial score (nSPS) is 16.5. The Labute approximate surface area is 393 Å². The van der Waals surface area contributed by atoms with Crippen LogP contribution in [0.15, 0.2) is 79.1 Å². The fourth-order valence-electron chi connectivity index (χ4n) is 10.5. The van der Waals surface area contributed by atoms with Gasteiger partial charge in [-0.25, -0.2) is 0 Å². The minimum atomic E-state index is -0.519. The van der Waals surface area contributed by atoms with Crippen molar-refractivity contribution < 1.29 is 9.59 Å². The first-order valence-corrected chi connectivity index (χ1v) is 25.4. The number of rotatable bonds is 9. The van der Waals surface area contributed by atoms with Crippen LogP contribution in [0.25, 0.3) is 42.9 Å². The summed E-state index contributed by atoms with van der Waals surface area (Å²) >= 11 is 3.47. The average molecular weight is 907 g/mol. The number of hydrogen-bond acceptors (Lipinski definition) is 6. The van der Waals surface area contributed by atoms with E-state index in [9.17, 15) is 9.59 Å². The molecule has 2 aromatic carbocycles. The number of H-pyrrole nitrogens is 2. The molecule has 0 saturated carbocycles. The fourth-order valence-corrected chi connectivity index (χ4v) is 12.8. The number of thiophene rings is 2. The van der Waals surface area contributed by atoms with Crippen molar-refractivity contribution in [2.75, 3.05) is 39.3 Å². The van der Waals surface area contributed by atoms with E-state index in [1.54, 1.807) is 22.7 Å². The monoisotopic (exact) mass is 906 g/mol. The molecule has 10 rings (SSSR count). The molecule has 3 saturated heterocycles. The van der Waals surface area contributed by atoms with Crippen molar-refractivity contribution in [2.24, 2.45) is 0 Å². The number of fused-ring (bicyclic) bond motifs is 2. The smallest absolute Gasteiger partial charge is 0.233 e. The first-order chi connectivity index (χ1) is 31.1. The second-order valence-electron chi connectivity index (χ2n) is 20.2. The molecule has 65 heavy (non-hydrogen) atoms. The van der Waals surface area contributed by atoms with Gasteiger partial charge in [0, 0.05) is 76.9 Å². The molecule has 2 amide bonds. The molecule has 2 N–H and O–H groups in total. The van der Waals surface area contributed by atoms with Crippen LogP contribution in [-0.4, -0.2) is 80.7 Å². The maximum absolute atomic E-state index is 13.5. The number of hydrogen-bond donors (Lipinski definition) is 2. The van der Waals surface area contributed by atoms with Crippen molar-refractivity contribution in [3.63, 3.8) is 0 Å². The molecule has 0 radical (unpaired) electrons. The zero-order valence-electron chi connectivity index (χ0n) is 39.7. The Kier molecular flexibility index (Phi) is 12.7. The Balaban J connectivity index is 0.000000178. The summed E-state index contributed by atoms with van der Waals surface area (Å²) in [6, 6.07) is 24.5. The van der Waals surface area contributed by atoms with Crippen molar-refractivity contribution >= 4 is 54.9 Å². The number of benzene rings is 2. The average Bonchev–Trinajstić information content (AvgIpc) is 4.14. The molecule has 0 spiro atoms. The number of nitrogens with zero attached hydrogens (tertiary/aromatic N) is 4. The van der Waals surface area contributed by atoms with Gasteiger partial charge in [0.2, 0.25) is 11.8 Å². The lowest BCUT2D eigenvalue weighted by Gasteiger charge is -2.32. The van der Waals surface area contributed by atoms with Crippen molar-refractivity contribution in [1.82, 2.24) is 29.7 Å². The highest BCUT2D eigenvalue weighted by Gasteiger charge is 2.38. The van der Waals surface area contributed by atoms with Crippen LogP contribution in [0.5, 0.6) is 0 Å². The number of carbonyl (C=O) groups excluding carboxylic acids is 2. The minimum absolute atomic E-state index is 0.258. The van der Waals surface area contributed by atoms with E-state index in [0.29, 0.717) is 5.92 Å². The van der Waals surface area contributed by atoms with Crippen molar-refractivity contribution in [3.05, 3.63) is 122 Å². The van der Waals surface area contributed by atoms with Gasteiger partial charge >= 0.3 is 0 Å². The van der Waals surface area contributed by atoms with Gasteiger partial charge in [-0.15, -0.1) is 22.7 Å². The van der Waals surface area contributed by atoms with Crippen LogP contribution in [0.4, 0.5) is 0 Å². The molecular weight excluding hydrogens is 841 g/mol. The van der Waals surface area contributed by atoms with Crippen molar-refractivity contribution in [3.8, 4) is 22.5 Å². The molecule has 0 aliphatic carbocycles. The van der Waals surface area contributed by atoms with E-state index in [2.05, 4.69) is 147 Å². The van der Waals surface area contributed by atoms with E-state index in [1.807, 2.05) is 17.3 Å². The summed E-state index contributed by atoms with van der Waals surface area (Å²) in [4.78, 5) is 49.4. The zero-order valence-corrected chi connectivity index (χ0v) is 41.3. The summed E-state index contributed by atoms with van der Waals surface area (Å²) in [5.41, 5.74) is 11.8. The molecule has 3 fully saturated rings. The summed E-state index contributed by atoms with van der Waals surface area (Å²) in [7, 11) is 0. The second-order valence-corrected chi connectivity index (χ2v) is 22.3. The van der Waals surface area contributed by atoms with E-state index >= 15 is 0 Å². The molecule has 3 aliphatic rings. The Hall–Kier alpha value is -5.03. The molecule has 0 bridgehead atoms. The van der Waals surface area contributed by atoms with E-state index in [1.165, 1.54) is 78.6 Å². The van der Waals surface area contributed by atoms with Crippen LogP contribution in [0.2, 0.25) is 0 Å². The zero-order chi connectivity index (χ0) is 45.6. The number of amides is 2. The molecule has 0 unspecified atom stereocenters. The predicted octanol–water partition coefficient (Wildman–Crippen LogP) is 12.6. The number of pyridine rings is 1. The van der Waals surface area contributed by atoms with Gasteiger partial charge in [0.05, 0.1) is 16.5 Å². The van der Waals surface area contributed by atoms with Crippen LogP contribution in [0.3, 0.4) is 0 Å². The Morgan fingerprint density at radius 2 is 1.14 bits per heavy atom. The van der Waals surface area contributed by atoms with Gasteiger partial charge in [0.1, 0.15) is 9.66 Å². The quantitative estimate of drug-likeness (QED) is 0.151. The number of nitrogens with one attached hydrogen (secondary N) is 2. The molecular formula is C55H66N6O2S2. The summed E-state index contributed by atoms with van der Waals surface area (Å²) in [5, 5.41) is 2.48. The Morgan fingerprint density at radius 1 is 0.631 bits per heavy atom. The summed E-state index contributed by atoms with van der Waals surface area (Å²) in [5.74, 6) is 1.13. The van der Waals surface area contributed by atoms with E-state index in [-0.39, 0.29) is 11.8 Å². The molecule has 3 aliphatic heterocycles. The standard InChI is InChI=1S/C33H40N4OS.C22H26N2OS/c1-22-17-23(2)19-26(18-22)30-28(21-36-15-9-25(10-16-36)24-7-11-34-12-8-24)27-20-29(39-31(27)35-30)33(3,4)32(38)37-13-5-6-14-37;1-14-9-15(2)11-16(10-14)18-12-17-13-19(26-20(17)23-18)22(3,4)21(25)24-7-5-6-8-24/h7-8,11-12,17-20,25,35H,5-6,9-10,13-16,21H2,1-4H3;9-13,23H,5-8H2,1-4H3. The number of aryl methyl sites for hydroxylation is 4.